The zero-order chi connectivity index (χ0) is 17.7. The fourth-order valence-electron chi connectivity index (χ4n) is 1.64. The summed E-state index contributed by atoms with van der Waals surface area (Å²) in [4.78, 5) is 36.9. The number of esters is 1. The van der Waals surface area contributed by atoms with Crippen LogP contribution in [-0.2, 0) is 19.1 Å². The van der Waals surface area contributed by atoms with Crippen LogP contribution in [0.5, 0.6) is 0 Å². The number of nitrogens with zero attached hydrogens (tertiary/aromatic N) is 3. The van der Waals surface area contributed by atoms with Crippen LogP contribution < -0.4 is 5.32 Å². The third kappa shape index (κ3) is 12.0. The summed E-state index contributed by atoms with van der Waals surface area (Å²) in [6.45, 7) is 4.32. The van der Waals surface area contributed by atoms with E-state index in [4.69, 9.17) is 15.4 Å². The molecule has 0 aliphatic rings. The predicted octanol–water partition coefficient (Wildman–Crippen LogP) is 2.02. The molecule has 0 bridgehead atoms. The lowest BCUT2D eigenvalue weighted by Crippen LogP contribution is -2.42. The molecule has 0 aromatic carbocycles. The van der Waals surface area contributed by atoms with Gasteiger partial charge >= 0.3 is 11.9 Å². The van der Waals surface area contributed by atoms with E-state index in [-0.39, 0.29) is 18.9 Å². The summed E-state index contributed by atoms with van der Waals surface area (Å²) in [7, 11) is 0. The van der Waals surface area contributed by atoms with Gasteiger partial charge in [0.15, 0.2) is 0 Å². The number of ether oxygens (including phenoxy) is 1. The number of nitrogens with one attached hydrogen (secondary N) is 1. The van der Waals surface area contributed by atoms with Crippen LogP contribution in [0.25, 0.3) is 10.4 Å². The van der Waals surface area contributed by atoms with Gasteiger partial charge in [0.2, 0.25) is 5.91 Å². The van der Waals surface area contributed by atoms with E-state index >= 15 is 0 Å². The number of carboxylic acid groups (broad SMARTS) is 1. The molecule has 0 aromatic heterocycles. The first-order valence-electron chi connectivity index (χ1n) is 7.55. The summed E-state index contributed by atoms with van der Waals surface area (Å²) in [5.74, 6) is -2.20. The van der Waals surface area contributed by atoms with Crippen LogP contribution in [0.4, 0.5) is 0 Å². The van der Waals surface area contributed by atoms with Gasteiger partial charge in [0.1, 0.15) is 6.04 Å². The number of carbonyl (C=O) groups excluding carboxylic acids is 2. The molecule has 0 rings (SSSR count). The number of unbranched alkanes of at least 4 members (excludes halogenated alkanes) is 2. The number of rotatable bonds is 12. The van der Waals surface area contributed by atoms with Gasteiger partial charge in [-0.25, -0.2) is 4.79 Å². The summed E-state index contributed by atoms with van der Waals surface area (Å²) in [5, 5.41) is 14.7. The molecule has 1 atom stereocenters. The average molecular weight is 328 g/mol. The van der Waals surface area contributed by atoms with Crippen LogP contribution in [0.15, 0.2) is 5.11 Å². The fraction of sp³-hybridized carbons (Fsp3) is 0.786. The van der Waals surface area contributed by atoms with Crippen molar-refractivity contribution in [3.8, 4) is 0 Å². The van der Waals surface area contributed by atoms with Gasteiger partial charge in [-0.05, 0) is 24.3 Å². The minimum absolute atomic E-state index is 0.154. The van der Waals surface area contributed by atoms with Gasteiger partial charge in [0.05, 0.1) is 13.0 Å². The molecule has 1 amide bonds. The average Bonchev–Trinajstić information content (AvgIpc) is 2.48. The van der Waals surface area contributed by atoms with E-state index in [9.17, 15) is 14.4 Å². The van der Waals surface area contributed by atoms with Gasteiger partial charge in [-0.3, -0.25) is 9.59 Å². The Morgan fingerprint density at radius 1 is 1.26 bits per heavy atom. The first-order chi connectivity index (χ1) is 10.9. The molecule has 1 unspecified atom stereocenters. The second-order valence-corrected chi connectivity index (χ2v) is 5.50. The molecule has 0 heterocycles. The Balaban J connectivity index is 4.10. The maximum absolute atomic E-state index is 11.7. The van der Waals surface area contributed by atoms with Crippen LogP contribution in [0.1, 0.15) is 46.0 Å². The lowest BCUT2D eigenvalue weighted by Gasteiger charge is -2.14. The Hall–Kier alpha value is -2.28. The van der Waals surface area contributed by atoms with Gasteiger partial charge in [-0.1, -0.05) is 25.4 Å². The number of aliphatic carboxylic acids is 1. The van der Waals surface area contributed by atoms with Crippen molar-refractivity contribution in [1.29, 1.82) is 0 Å². The van der Waals surface area contributed by atoms with Crippen molar-refractivity contribution in [3.63, 3.8) is 0 Å². The molecule has 0 aliphatic heterocycles. The molecule has 0 radical (unpaired) electrons. The fourth-order valence-corrected chi connectivity index (χ4v) is 1.64. The molecule has 0 spiro atoms. The summed E-state index contributed by atoms with van der Waals surface area (Å²) in [6, 6.07) is -1.29. The van der Waals surface area contributed by atoms with Crippen LogP contribution in [0.2, 0.25) is 0 Å². The number of hydrogen-bond donors (Lipinski definition) is 2. The molecule has 9 nitrogen and oxygen atoms in total. The summed E-state index contributed by atoms with van der Waals surface area (Å²) in [6.07, 6.45) is 1.67. The van der Waals surface area contributed by atoms with E-state index < -0.39 is 30.3 Å². The monoisotopic (exact) mass is 328 g/mol. The molecule has 9 heteroatoms. The summed E-state index contributed by atoms with van der Waals surface area (Å²) in [5.41, 5.74) is 8.10. The summed E-state index contributed by atoms with van der Waals surface area (Å²) < 4.78 is 4.91. The topological polar surface area (TPSA) is 141 Å². The number of carbonyl (C=O) groups is 3. The quantitative estimate of drug-likeness (QED) is 0.185. The Morgan fingerprint density at radius 2 is 1.96 bits per heavy atom. The lowest BCUT2D eigenvalue weighted by atomic mass is 10.1. The molecular formula is C14H24N4O5. The van der Waals surface area contributed by atoms with E-state index in [1.807, 2.05) is 13.8 Å². The Morgan fingerprint density at radius 3 is 2.52 bits per heavy atom. The van der Waals surface area contributed by atoms with Crippen molar-refractivity contribution in [2.24, 2.45) is 11.0 Å². The number of hydrogen-bond acceptors (Lipinski definition) is 5. The smallest absolute Gasteiger partial charge is 0.326 e. The van der Waals surface area contributed by atoms with E-state index in [2.05, 4.69) is 15.3 Å². The van der Waals surface area contributed by atoms with Gasteiger partial charge in [0.25, 0.3) is 0 Å². The largest absolute Gasteiger partial charge is 0.480 e. The molecule has 0 fully saturated rings. The summed E-state index contributed by atoms with van der Waals surface area (Å²) >= 11 is 0. The minimum Gasteiger partial charge on any atom is -0.480 e. The van der Waals surface area contributed by atoms with E-state index in [0.717, 1.165) is 0 Å². The zero-order valence-corrected chi connectivity index (χ0v) is 13.5. The molecular weight excluding hydrogens is 304 g/mol. The lowest BCUT2D eigenvalue weighted by molar-refractivity contribution is -0.151. The van der Waals surface area contributed by atoms with Crippen LogP contribution in [0.3, 0.4) is 0 Å². The molecule has 2 N–H and O–H groups in total. The highest BCUT2D eigenvalue weighted by molar-refractivity contribution is 5.87. The normalized spacial score (nSPS) is 11.4. The van der Waals surface area contributed by atoms with E-state index in [1.54, 1.807) is 0 Å². The standard InChI is InChI=1S/C14H24N4O5/c1-10(2)9-23-13(20)8-11(14(21)22)17-12(19)6-4-3-5-7-16-18-15/h10-11H,3-9H2,1-2H3,(H,17,19)(H,21,22). The molecule has 0 saturated heterocycles. The number of amides is 1. The van der Waals surface area contributed by atoms with Crippen LogP contribution in [-0.4, -0.2) is 42.1 Å². The first kappa shape index (κ1) is 20.7. The Labute approximate surface area is 135 Å². The van der Waals surface area contributed by atoms with E-state index in [0.29, 0.717) is 25.8 Å². The highest BCUT2D eigenvalue weighted by Gasteiger charge is 2.24. The molecule has 0 aliphatic carbocycles. The highest BCUT2D eigenvalue weighted by atomic mass is 16.5. The predicted molar refractivity (Wildman–Crippen MR) is 82.5 cm³/mol. The minimum atomic E-state index is -1.29. The maximum atomic E-state index is 11.7. The second-order valence-electron chi connectivity index (χ2n) is 5.50. The van der Waals surface area contributed by atoms with Crippen molar-refractivity contribution in [1.82, 2.24) is 5.32 Å². The van der Waals surface area contributed by atoms with Crippen LogP contribution in [0, 0.1) is 5.92 Å². The molecule has 0 aromatic rings. The van der Waals surface area contributed by atoms with Gasteiger partial charge in [-0.2, -0.15) is 0 Å². The van der Waals surface area contributed by atoms with Crippen molar-refractivity contribution in [3.05, 3.63) is 10.4 Å². The van der Waals surface area contributed by atoms with Crippen LogP contribution >= 0.6 is 0 Å². The molecule has 130 valence electrons. The Bertz CT molecular complexity index is 446. The second kappa shape index (κ2) is 12.3. The SMILES string of the molecule is CC(C)COC(=O)CC(NC(=O)CCCCCN=[N+]=[N-])C(=O)O. The van der Waals surface area contributed by atoms with Gasteiger partial charge < -0.3 is 15.2 Å². The first-order valence-corrected chi connectivity index (χ1v) is 7.55. The third-order valence-electron chi connectivity index (χ3n) is 2.81. The van der Waals surface area contributed by atoms with Gasteiger partial charge in [-0.15, -0.1) is 0 Å². The van der Waals surface area contributed by atoms with Crippen molar-refractivity contribution >= 4 is 17.8 Å². The highest BCUT2D eigenvalue weighted by Crippen LogP contribution is 2.03. The van der Waals surface area contributed by atoms with E-state index in [1.165, 1.54) is 0 Å². The van der Waals surface area contributed by atoms with Crippen molar-refractivity contribution in [2.75, 3.05) is 13.2 Å². The van der Waals surface area contributed by atoms with Gasteiger partial charge in [0, 0.05) is 17.9 Å². The van der Waals surface area contributed by atoms with Crippen molar-refractivity contribution in [2.45, 2.75) is 52.0 Å². The Kier molecular flexibility index (Phi) is 11.1. The number of carboxylic acids is 1. The third-order valence-corrected chi connectivity index (χ3v) is 2.81. The number of azide groups is 1. The van der Waals surface area contributed by atoms with Crippen molar-refractivity contribution < 1.29 is 24.2 Å². The molecule has 0 saturated carbocycles. The molecule has 23 heavy (non-hydrogen) atoms. The zero-order valence-electron chi connectivity index (χ0n) is 13.5. The maximum Gasteiger partial charge on any atom is 0.326 e.